The molecule has 1 heterocycles. The van der Waals surface area contributed by atoms with Crippen LogP contribution in [0.2, 0.25) is 0 Å². The molecule has 0 spiro atoms. The lowest BCUT2D eigenvalue weighted by Crippen LogP contribution is -2.30. The van der Waals surface area contributed by atoms with Crippen molar-refractivity contribution in [3.63, 3.8) is 0 Å². The lowest BCUT2D eigenvalue weighted by atomic mass is 10.1. The molecular formula is C23H22N2O3S. The van der Waals surface area contributed by atoms with Crippen LogP contribution in [0.1, 0.15) is 26.4 Å². The summed E-state index contributed by atoms with van der Waals surface area (Å²) in [6, 6.07) is 16.2. The molecule has 6 heteroatoms. The number of ether oxygens (including phenoxy) is 1. The van der Waals surface area contributed by atoms with Crippen LogP contribution in [0.15, 0.2) is 65.7 Å². The van der Waals surface area contributed by atoms with Gasteiger partial charge in [-0.25, -0.2) is 0 Å². The maximum atomic E-state index is 13.0. The number of anilines is 1. The number of hydrogen-bond acceptors (Lipinski definition) is 4. The minimum Gasteiger partial charge on any atom is -0.497 e. The van der Waals surface area contributed by atoms with Gasteiger partial charge in [-0.1, -0.05) is 18.2 Å². The van der Waals surface area contributed by atoms with Gasteiger partial charge in [0.2, 0.25) is 0 Å². The molecule has 0 fully saturated rings. The molecule has 0 atom stereocenters. The van der Waals surface area contributed by atoms with Crippen LogP contribution in [0.3, 0.4) is 0 Å². The number of methoxy groups -OCH3 is 1. The topological polar surface area (TPSA) is 67.4 Å². The summed E-state index contributed by atoms with van der Waals surface area (Å²) in [6.45, 7) is 3.93. The van der Waals surface area contributed by atoms with E-state index in [-0.39, 0.29) is 17.5 Å². The molecule has 29 heavy (non-hydrogen) atoms. The van der Waals surface area contributed by atoms with Gasteiger partial charge in [-0.3, -0.25) is 9.59 Å². The first-order valence-electron chi connectivity index (χ1n) is 9.06. The lowest BCUT2D eigenvalue weighted by molar-refractivity contribution is -0.113. The molecule has 0 aliphatic heterocycles. The molecule has 0 aliphatic rings. The van der Waals surface area contributed by atoms with Gasteiger partial charge in [0, 0.05) is 16.1 Å². The quantitative estimate of drug-likeness (QED) is 0.579. The van der Waals surface area contributed by atoms with Crippen LogP contribution in [-0.2, 0) is 4.79 Å². The average Bonchev–Trinajstić information content (AvgIpc) is 3.24. The lowest BCUT2D eigenvalue weighted by Gasteiger charge is -2.13. The Bertz CT molecular complexity index is 1040. The van der Waals surface area contributed by atoms with Crippen molar-refractivity contribution in [1.29, 1.82) is 0 Å². The van der Waals surface area contributed by atoms with Gasteiger partial charge < -0.3 is 15.4 Å². The van der Waals surface area contributed by atoms with E-state index in [4.69, 9.17) is 4.74 Å². The van der Waals surface area contributed by atoms with E-state index in [1.165, 1.54) is 11.3 Å². The Balaban J connectivity index is 1.85. The SMILES string of the molecule is COc1ccc(C(=O)N/C(=C\c2cccs2)C(=O)Nc2cccc(C)c2C)cc1. The third-order valence-corrected chi connectivity index (χ3v) is 5.35. The highest BCUT2D eigenvalue weighted by molar-refractivity contribution is 7.10. The predicted molar refractivity (Wildman–Crippen MR) is 117 cm³/mol. The Morgan fingerprint density at radius 3 is 2.41 bits per heavy atom. The second-order valence-electron chi connectivity index (χ2n) is 6.46. The summed E-state index contributed by atoms with van der Waals surface area (Å²) in [4.78, 5) is 26.5. The summed E-state index contributed by atoms with van der Waals surface area (Å²) in [7, 11) is 1.56. The maximum Gasteiger partial charge on any atom is 0.272 e. The molecule has 2 aromatic carbocycles. The Morgan fingerprint density at radius 1 is 1.00 bits per heavy atom. The molecule has 0 radical (unpaired) electrons. The fourth-order valence-electron chi connectivity index (χ4n) is 2.69. The van der Waals surface area contributed by atoms with Gasteiger partial charge in [-0.15, -0.1) is 11.3 Å². The Hall–Kier alpha value is -3.38. The third kappa shape index (κ3) is 5.12. The molecule has 0 unspecified atom stereocenters. The minimum atomic E-state index is -0.381. The van der Waals surface area contributed by atoms with Gasteiger partial charge in [0.25, 0.3) is 11.8 Å². The van der Waals surface area contributed by atoms with Crippen molar-refractivity contribution in [2.75, 3.05) is 12.4 Å². The van der Waals surface area contributed by atoms with Gasteiger partial charge in [0.15, 0.2) is 0 Å². The van der Waals surface area contributed by atoms with Crippen molar-refractivity contribution in [3.05, 3.63) is 87.2 Å². The highest BCUT2D eigenvalue weighted by Gasteiger charge is 2.16. The smallest absolute Gasteiger partial charge is 0.272 e. The molecule has 2 amide bonds. The molecule has 0 bridgehead atoms. The van der Waals surface area contributed by atoms with Crippen molar-refractivity contribution in [2.24, 2.45) is 0 Å². The summed E-state index contributed by atoms with van der Waals surface area (Å²) >= 11 is 1.48. The van der Waals surface area contributed by atoms with E-state index in [9.17, 15) is 9.59 Å². The fourth-order valence-corrected chi connectivity index (χ4v) is 3.34. The third-order valence-electron chi connectivity index (χ3n) is 4.53. The minimum absolute atomic E-state index is 0.175. The zero-order valence-corrected chi connectivity index (χ0v) is 17.3. The van der Waals surface area contributed by atoms with E-state index >= 15 is 0 Å². The normalized spacial score (nSPS) is 11.1. The van der Waals surface area contributed by atoms with Crippen molar-refractivity contribution in [1.82, 2.24) is 5.32 Å². The van der Waals surface area contributed by atoms with E-state index in [2.05, 4.69) is 10.6 Å². The number of amides is 2. The molecule has 2 N–H and O–H groups in total. The fraction of sp³-hybridized carbons (Fsp3) is 0.130. The van der Waals surface area contributed by atoms with Crippen molar-refractivity contribution >= 4 is 34.9 Å². The first-order valence-corrected chi connectivity index (χ1v) is 9.94. The molecule has 1 aromatic heterocycles. The van der Waals surface area contributed by atoms with Crippen molar-refractivity contribution < 1.29 is 14.3 Å². The highest BCUT2D eigenvalue weighted by atomic mass is 32.1. The number of aryl methyl sites for hydroxylation is 1. The molecule has 0 saturated heterocycles. The summed E-state index contributed by atoms with van der Waals surface area (Å²) in [5.41, 5.74) is 3.38. The van der Waals surface area contributed by atoms with Crippen LogP contribution in [0, 0.1) is 13.8 Å². The van der Waals surface area contributed by atoms with Crippen LogP contribution >= 0.6 is 11.3 Å². The Kier molecular flexibility index (Phi) is 6.46. The summed E-state index contributed by atoms with van der Waals surface area (Å²) in [5.74, 6) is -0.0934. The molecule has 3 aromatic rings. The zero-order chi connectivity index (χ0) is 20.8. The van der Waals surface area contributed by atoms with Crippen LogP contribution in [0.5, 0.6) is 5.75 Å². The molecule has 0 saturated carbocycles. The number of hydrogen-bond donors (Lipinski definition) is 2. The second kappa shape index (κ2) is 9.21. The number of carbonyl (C=O) groups is 2. The first kappa shape index (κ1) is 20.4. The van der Waals surface area contributed by atoms with Gasteiger partial charge in [0.05, 0.1) is 7.11 Å². The Morgan fingerprint density at radius 2 is 1.76 bits per heavy atom. The number of carbonyl (C=O) groups excluding carboxylic acids is 2. The van der Waals surface area contributed by atoms with E-state index < -0.39 is 0 Å². The number of thiophene rings is 1. The van der Waals surface area contributed by atoms with Crippen molar-refractivity contribution in [3.8, 4) is 5.75 Å². The average molecular weight is 407 g/mol. The highest BCUT2D eigenvalue weighted by Crippen LogP contribution is 2.20. The predicted octanol–water partition coefficient (Wildman–Crippen LogP) is 4.78. The number of benzene rings is 2. The number of nitrogens with one attached hydrogen (secondary N) is 2. The molecule has 148 valence electrons. The second-order valence-corrected chi connectivity index (χ2v) is 7.44. The standard InChI is InChI=1S/C23H22N2O3S/c1-15-6-4-8-20(16(15)2)24-23(27)21(14-19-7-5-13-29-19)25-22(26)17-9-11-18(28-3)12-10-17/h4-14H,1-3H3,(H,24,27)(H,25,26)/b21-14-. The zero-order valence-electron chi connectivity index (χ0n) is 16.5. The van der Waals surface area contributed by atoms with E-state index in [0.29, 0.717) is 17.0 Å². The molecule has 5 nitrogen and oxygen atoms in total. The van der Waals surface area contributed by atoms with Crippen molar-refractivity contribution in [2.45, 2.75) is 13.8 Å². The summed E-state index contributed by atoms with van der Waals surface area (Å²) in [5, 5.41) is 7.55. The molecule has 3 rings (SSSR count). The van der Waals surface area contributed by atoms with E-state index in [1.54, 1.807) is 37.5 Å². The Labute approximate surface area is 174 Å². The number of rotatable bonds is 6. The van der Waals surface area contributed by atoms with E-state index in [0.717, 1.165) is 16.0 Å². The van der Waals surface area contributed by atoms with Gasteiger partial charge in [-0.05, 0) is 72.8 Å². The van der Waals surface area contributed by atoms with Gasteiger partial charge in [-0.2, -0.15) is 0 Å². The summed E-state index contributed by atoms with van der Waals surface area (Å²) in [6.07, 6.45) is 1.67. The molecule has 0 aliphatic carbocycles. The largest absolute Gasteiger partial charge is 0.497 e. The maximum absolute atomic E-state index is 13.0. The molecular weight excluding hydrogens is 384 g/mol. The van der Waals surface area contributed by atoms with Crippen LogP contribution < -0.4 is 15.4 Å². The van der Waals surface area contributed by atoms with Crippen LogP contribution in [0.4, 0.5) is 5.69 Å². The van der Waals surface area contributed by atoms with Gasteiger partial charge in [0.1, 0.15) is 11.4 Å². The van der Waals surface area contributed by atoms with E-state index in [1.807, 2.05) is 49.6 Å². The van der Waals surface area contributed by atoms with Crippen LogP contribution in [0.25, 0.3) is 6.08 Å². The van der Waals surface area contributed by atoms with Gasteiger partial charge >= 0.3 is 0 Å². The monoisotopic (exact) mass is 406 g/mol. The first-order chi connectivity index (χ1) is 14.0. The summed E-state index contributed by atoms with van der Waals surface area (Å²) < 4.78 is 5.12. The van der Waals surface area contributed by atoms with Crippen LogP contribution in [-0.4, -0.2) is 18.9 Å².